The van der Waals surface area contributed by atoms with Crippen molar-refractivity contribution in [1.29, 1.82) is 5.26 Å². The van der Waals surface area contributed by atoms with Gasteiger partial charge in [-0.1, -0.05) is 42.5 Å². The Morgan fingerprint density at radius 3 is 2.45 bits per heavy atom. The van der Waals surface area contributed by atoms with Gasteiger partial charge in [0.1, 0.15) is 11.9 Å². The number of hydrazine groups is 1. The Morgan fingerprint density at radius 1 is 1.05 bits per heavy atom. The standard InChI is InChI=1S/C30H22IN5O4/c1-40-26-16-20(15-23(31)27(26)37)25(17-32)34-35-29(38)19-11-13-21(14-12-19)36-28(18-7-3-2-4-8-18)33-24-10-6-5-9-22(24)30(36)39/h2-16,25,34,37H,1H3,(H,35,38). The van der Waals surface area contributed by atoms with Gasteiger partial charge in [0.2, 0.25) is 0 Å². The highest BCUT2D eigenvalue weighted by Crippen LogP contribution is 2.34. The Bertz CT molecular complexity index is 1820. The number of nitrogens with one attached hydrogen (secondary N) is 2. The fourth-order valence-electron chi connectivity index (χ4n) is 4.23. The summed E-state index contributed by atoms with van der Waals surface area (Å²) in [5, 5.41) is 20.2. The van der Waals surface area contributed by atoms with Gasteiger partial charge in [-0.05, 0) is 76.7 Å². The maximum Gasteiger partial charge on any atom is 0.266 e. The third-order valence-electron chi connectivity index (χ3n) is 6.26. The first-order chi connectivity index (χ1) is 19.4. The van der Waals surface area contributed by atoms with Gasteiger partial charge in [0.15, 0.2) is 11.5 Å². The minimum Gasteiger partial charge on any atom is -0.504 e. The van der Waals surface area contributed by atoms with Crippen LogP contribution in [-0.4, -0.2) is 27.7 Å². The molecule has 0 saturated heterocycles. The van der Waals surface area contributed by atoms with Gasteiger partial charge >= 0.3 is 0 Å². The first-order valence-corrected chi connectivity index (χ1v) is 13.2. The molecule has 1 amide bonds. The molecule has 5 rings (SSSR count). The average molecular weight is 643 g/mol. The molecule has 1 heterocycles. The van der Waals surface area contributed by atoms with Crippen molar-refractivity contribution in [3.8, 4) is 34.6 Å². The number of carbonyl (C=O) groups is 1. The first kappa shape index (κ1) is 26.9. The molecule has 1 aromatic heterocycles. The Kier molecular flexibility index (Phi) is 7.77. The van der Waals surface area contributed by atoms with E-state index in [1.807, 2.05) is 59.0 Å². The van der Waals surface area contributed by atoms with Crippen LogP contribution in [0.15, 0.2) is 95.8 Å². The number of phenolic OH excluding ortho intramolecular Hbond substituents is 1. The number of aromatic nitrogens is 2. The third-order valence-corrected chi connectivity index (χ3v) is 7.08. The van der Waals surface area contributed by atoms with Gasteiger partial charge in [-0.25, -0.2) is 10.4 Å². The molecule has 0 fully saturated rings. The summed E-state index contributed by atoms with van der Waals surface area (Å²) in [5.74, 6) is 0.210. The molecule has 0 aliphatic carbocycles. The quantitative estimate of drug-likeness (QED) is 0.171. The highest BCUT2D eigenvalue weighted by atomic mass is 127. The SMILES string of the molecule is COc1cc(C(C#N)NNC(=O)c2ccc(-n3c(-c4ccccc4)nc4ccccc4c3=O)cc2)cc(I)c1O. The van der Waals surface area contributed by atoms with Crippen LogP contribution in [0.25, 0.3) is 28.0 Å². The predicted octanol–water partition coefficient (Wildman–Crippen LogP) is 4.87. The normalized spacial score (nSPS) is 11.5. The number of ether oxygens (including phenoxy) is 1. The summed E-state index contributed by atoms with van der Waals surface area (Å²) < 4.78 is 7.20. The number of benzene rings is 4. The van der Waals surface area contributed by atoms with Crippen LogP contribution in [0, 0.1) is 14.9 Å². The molecule has 40 heavy (non-hydrogen) atoms. The van der Waals surface area contributed by atoms with Crippen LogP contribution in [-0.2, 0) is 0 Å². The van der Waals surface area contributed by atoms with E-state index in [1.165, 1.54) is 17.7 Å². The summed E-state index contributed by atoms with van der Waals surface area (Å²) in [7, 11) is 1.42. The number of amides is 1. The van der Waals surface area contributed by atoms with E-state index < -0.39 is 11.9 Å². The van der Waals surface area contributed by atoms with Crippen molar-refractivity contribution in [2.45, 2.75) is 6.04 Å². The second-order valence-electron chi connectivity index (χ2n) is 8.72. The van der Waals surface area contributed by atoms with Crippen molar-refractivity contribution in [1.82, 2.24) is 20.4 Å². The number of nitriles is 1. The van der Waals surface area contributed by atoms with E-state index in [2.05, 4.69) is 16.9 Å². The molecule has 0 bridgehead atoms. The zero-order chi connectivity index (χ0) is 28.2. The summed E-state index contributed by atoms with van der Waals surface area (Å²) in [6.07, 6.45) is 0. The summed E-state index contributed by atoms with van der Waals surface area (Å²) >= 11 is 1.94. The summed E-state index contributed by atoms with van der Waals surface area (Å²) in [6.45, 7) is 0. The molecule has 5 aromatic rings. The number of halogens is 1. The molecule has 0 aliphatic heterocycles. The van der Waals surface area contributed by atoms with Gasteiger partial charge < -0.3 is 9.84 Å². The summed E-state index contributed by atoms with van der Waals surface area (Å²) in [4.78, 5) is 31.2. The maximum absolute atomic E-state index is 13.6. The largest absolute Gasteiger partial charge is 0.504 e. The van der Waals surface area contributed by atoms with Gasteiger partial charge in [-0.3, -0.25) is 19.6 Å². The van der Waals surface area contributed by atoms with Gasteiger partial charge in [0, 0.05) is 11.1 Å². The Morgan fingerprint density at radius 2 is 1.75 bits per heavy atom. The van der Waals surface area contributed by atoms with Crippen LogP contribution in [0.1, 0.15) is 22.0 Å². The fraction of sp³-hybridized carbons (Fsp3) is 0.0667. The number of methoxy groups -OCH3 is 1. The molecule has 0 aliphatic rings. The summed E-state index contributed by atoms with van der Waals surface area (Å²) in [5.41, 5.74) is 7.80. The Balaban J connectivity index is 1.42. The van der Waals surface area contributed by atoms with Gasteiger partial charge in [-0.15, -0.1) is 0 Å². The van der Waals surface area contributed by atoms with E-state index in [4.69, 9.17) is 9.72 Å². The minimum atomic E-state index is -0.901. The number of rotatable bonds is 7. The molecule has 0 radical (unpaired) electrons. The first-order valence-electron chi connectivity index (χ1n) is 12.1. The number of carbonyl (C=O) groups excluding carboxylic acids is 1. The Labute approximate surface area is 242 Å². The highest BCUT2D eigenvalue weighted by molar-refractivity contribution is 14.1. The van der Waals surface area contributed by atoms with Crippen molar-refractivity contribution in [3.63, 3.8) is 0 Å². The number of phenols is 1. The number of nitrogens with zero attached hydrogens (tertiary/aromatic N) is 3. The third kappa shape index (κ3) is 5.25. The van der Waals surface area contributed by atoms with Crippen LogP contribution in [0.3, 0.4) is 0 Å². The van der Waals surface area contributed by atoms with Crippen molar-refractivity contribution < 1.29 is 14.6 Å². The lowest BCUT2D eigenvalue weighted by Crippen LogP contribution is -2.39. The molecule has 3 N–H and O–H groups in total. The van der Waals surface area contributed by atoms with Crippen molar-refractivity contribution in [3.05, 3.63) is 116 Å². The van der Waals surface area contributed by atoms with E-state index in [0.717, 1.165) is 5.56 Å². The zero-order valence-electron chi connectivity index (χ0n) is 21.1. The maximum atomic E-state index is 13.6. The monoisotopic (exact) mass is 643 g/mol. The molecule has 1 atom stereocenters. The van der Waals surface area contributed by atoms with Gasteiger partial charge in [0.05, 0.1) is 33.3 Å². The van der Waals surface area contributed by atoms with E-state index in [-0.39, 0.29) is 17.1 Å². The fourth-order valence-corrected chi connectivity index (χ4v) is 4.86. The molecule has 1 unspecified atom stereocenters. The topological polar surface area (TPSA) is 129 Å². The molecule has 4 aromatic carbocycles. The molecule has 10 heteroatoms. The number of para-hydroxylation sites is 1. The van der Waals surface area contributed by atoms with Crippen LogP contribution in [0.4, 0.5) is 0 Å². The van der Waals surface area contributed by atoms with Crippen LogP contribution in [0.2, 0.25) is 0 Å². The second-order valence-corrected chi connectivity index (χ2v) is 9.88. The van der Waals surface area contributed by atoms with Crippen molar-refractivity contribution >= 4 is 39.4 Å². The van der Waals surface area contributed by atoms with Gasteiger partial charge in [0.25, 0.3) is 11.5 Å². The van der Waals surface area contributed by atoms with E-state index >= 15 is 0 Å². The van der Waals surface area contributed by atoms with Gasteiger partial charge in [-0.2, -0.15) is 5.26 Å². The predicted molar refractivity (Wildman–Crippen MR) is 159 cm³/mol. The van der Waals surface area contributed by atoms with E-state index in [1.54, 1.807) is 48.5 Å². The smallest absolute Gasteiger partial charge is 0.266 e. The highest BCUT2D eigenvalue weighted by Gasteiger charge is 2.18. The Hall–Kier alpha value is -4.73. The molecular formula is C30H22IN5O4. The molecule has 0 saturated carbocycles. The zero-order valence-corrected chi connectivity index (χ0v) is 23.3. The van der Waals surface area contributed by atoms with Crippen molar-refractivity contribution in [2.24, 2.45) is 0 Å². The molecular weight excluding hydrogens is 621 g/mol. The summed E-state index contributed by atoms with van der Waals surface area (Å²) in [6, 6.07) is 27.5. The van der Waals surface area contributed by atoms with Crippen LogP contribution >= 0.6 is 22.6 Å². The lowest BCUT2D eigenvalue weighted by molar-refractivity contribution is 0.0929. The number of hydrogen-bond acceptors (Lipinski definition) is 7. The molecule has 198 valence electrons. The number of aromatic hydroxyl groups is 1. The molecule has 0 spiro atoms. The lowest BCUT2D eigenvalue weighted by Gasteiger charge is -2.16. The van der Waals surface area contributed by atoms with E-state index in [0.29, 0.717) is 37.1 Å². The number of hydrogen-bond donors (Lipinski definition) is 3. The van der Waals surface area contributed by atoms with E-state index in [9.17, 15) is 20.0 Å². The van der Waals surface area contributed by atoms with Crippen LogP contribution in [0.5, 0.6) is 11.5 Å². The van der Waals surface area contributed by atoms with Crippen molar-refractivity contribution in [2.75, 3.05) is 7.11 Å². The minimum absolute atomic E-state index is 0.0243. The van der Waals surface area contributed by atoms with Crippen LogP contribution < -0.4 is 21.1 Å². The average Bonchev–Trinajstić information content (AvgIpc) is 2.99. The molecule has 9 nitrogen and oxygen atoms in total. The number of fused-ring (bicyclic) bond motifs is 1. The second kappa shape index (κ2) is 11.6. The lowest BCUT2D eigenvalue weighted by atomic mass is 10.1.